The van der Waals surface area contributed by atoms with E-state index in [1.165, 1.54) is 11.3 Å². The Morgan fingerprint density at radius 1 is 1.32 bits per heavy atom. The highest BCUT2D eigenvalue weighted by molar-refractivity contribution is 7.20. The van der Waals surface area contributed by atoms with E-state index in [4.69, 9.17) is 23.2 Å². The highest BCUT2D eigenvalue weighted by Crippen LogP contribution is 2.30. The summed E-state index contributed by atoms with van der Waals surface area (Å²) in [5.74, 6) is 0.727. The smallest absolute Gasteiger partial charge is 0.253 e. The summed E-state index contributed by atoms with van der Waals surface area (Å²) in [7, 11) is 0. The average molecular weight is 354 g/mol. The van der Waals surface area contributed by atoms with Gasteiger partial charge in [0.05, 0.1) is 20.9 Å². The van der Waals surface area contributed by atoms with Crippen LogP contribution in [-0.2, 0) is 6.42 Å². The zero-order chi connectivity index (χ0) is 15.5. The Morgan fingerprint density at radius 2 is 2.14 bits per heavy atom. The number of halogens is 2. The molecule has 0 saturated heterocycles. The molecular weight excluding hydrogens is 341 g/mol. The number of carbonyl (C=O) groups is 1. The lowest BCUT2D eigenvalue weighted by atomic mass is 10.2. The minimum absolute atomic E-state index is 0.197. The van der Waals surface area contributed by atoms with Gasteiger partial charge in [0.15, 0.2) is 0 Å². The van der Waals surface area contributed by atoms with Gasteiger partial charge in [-0.15, -0.1) is 11.3 Å². The normalized spacial score (nSPS) is 11.0. The van der Waals surface area contributed by atoms with E-state index >= 15 is 0 Å². The number of hydrogen-bond donors (Lipinski definition) is 2. The number of H-pyrrole nitrogens is 1. The highest BCUT2D eigenvalue weighted by Gasteiger charge is 2.13. The lowest BCUT2D eigenvalue weighted by Crippen LogP contribution is -2.24. The van der Waals surface area contributed by atoms with Crippen molar-refractivity contribution >= 4 is 51.5 Å². The number of fused-ring (bicyclic) bond motifs is 1. The number of hydrogen-bond acceptors (Lipinski definition) is 3. The summed E-state index contributed by atoms with van der Waals surface area (Å²) in [6.45, 7) is 0.555. The molecule has 0 aliphatic rings. The van der Waals surface area contributed by atoms with Crippen LogP contribution in [0.25, 0.3) is 11.0 Å². The second-order valence-corrected chi connectivity index (χ2v) is 7.08. The zero-order valence-electron chi connectivity index (χ0n) is 11.5. The molecule has 0 aliphatic carbocycles. The molecule has 4 nitrogen and oxygen atoms in total. The Morgan fingerprint density at radius 3 is 2.86 bits per heavy atom. The zero-order valence-corrected chi connectivity index (χ0v) is 13.9. The van der Waals surface area contributed by atoms with E-state index in [1.807, 2.05) is 24.3 Å². The Labute approximate surface area is 141 Å². The Kier molecular flexibility index (Phi) is 4.66. The van der Waals surface area contributed by atoms with Crippen LogP contribution in [0.1, 0.15) is 22.6 Å². The molecule has 3 aromatic rings. The van der Waals surface area contributed by atoms with Gasteiger partial charge in [-0.05, 0) is 24.6 Å². The molecule has 7 heteroatoms. The number of nitrogens with zero attached hydrogens (tertiary/aromatic N) is 1. The lowest BCUT2D eigenvalue weighted by molar-refractivity contribution is 0.0954. The van der Waals surface area contributed by atoms with Gasteiger partial charge in [-0.25, -0.2) is 4.98 Å². The third kappa shape index (κ3) is 3.43. The second kappa shape index (κ2) is 6.69. The fourth-order valence-corrected chi connectivity index (χ4v) is 3.63. The van der Waals surface area contributed by atoms with E-state index in [1.54, 1.807) is 6.07 Å². The van der Waals surface area contributed by atoms with E-state index in [-0.39, 0.29) is 5.91 Å². The number of benzene rings is 1. The fraction of sp³-hybridized carbons (Fsp3) is 0.200. The molecule has 0 atom stereocenters. The number of aromatic nitrogens is 2. The highest BCUT2D eigenvalue weighted by atomic mass is 35.5. The molecule has 2 heterocycles. The molecule has 1 amide bonds. The number of carbonyl (C=O) groups excluding carboxylic acids is 1. The van der Waals surface area contributed by atoms with E-state index in [0.717, 1.165) is 29.7 Å². The number of imidazole rings is 1. The number of para-hydroxylation sites is 2. The van der Waals surface area contributed by atoms with E-state index in [2.05, 4.69) is 15.3 Å². The van der Waals surface area contributed by atoms with Gasteiger partial charge in [-0.3, -0.25) is 4.79 Å². The van der Waals surface area contributed by atoms with Crippen LogP contribution in [0.15, 0.2) is 30.3 Å². The minimum atomic E-state index is -0.197. The maximum atomic E-state index is 12.0. The van der Waals surface area contributed by atoms with E-state index < -0.39 is 0 Å². The summed E-state index contributed by atoms with van der Waals surface area (Å²) in [4.78, 5) is 19.7. The van der Waals surface area contributed by atoms with Gasteiger partial charge in [0, 0.05) is 13.0 Å². The molecule has 114 valence electrons. The van der Waals surface area contributed by atoms with Gasteiger partial charge in [0.25, 0.3) is 5.91 Å². The number of nitrogens with one attached hydrogen (secondary N) is 2. The number of thiophene rings is 1. The van der Waals surface area contributed by atoms with Gasteiger partial charge < -0.3 is 10.3 Å². The molecule has 0 radical (unpaired) electrons. The molecule has 0 unspecified atom stereocenters. The van der Waals surface area contributed by atoms with Crippen molar-refractivity contribution in [3.8, 4) is 0 Å². The minimum Gasteiger partial charge on any atom is -0.352 e. The van der Waals surface area contributed by atoms with Crippen LogP contribution in [0.5, 0.6) is 0 Å². The third-order valence-corrected chi connectivity index (χ3v) is 4.70. The Bertz CT molecular complexity index is 779. The molecule has 0 spiro atoms. The predicted octanol–water partition coefficient (Wildman–Crippen LogP) is 4.29. The van der Waals surface area contributed by atoms with E-state index in [0.29, 0.717) is 20.8 Å². The number of rotatable bonds is 5. The van der Waals surface area contributed by atoms with Crippen LogP contribution in [0.3, 0.4) is 0 Å². The summed E-state index contributed by atoms with van der Waals surface area (Å²) in [5.41, 5.74) is 2.42. The van der Waals surface area contributed by atoms with Crippen molar-refractivity contribution in [3.05, 3.63) is 50.4 Å². The van der Waals surface area contributed by atoms with Crippen LogP contribution in [0, 0.1) is 0 Å². The summed E-state index contributed by atoms with van der Waals surface area (Å²) >= 11 is 13.0. The number of amides is 1. The molecule has 0 fully saturated rings. The largest absolute Gasteiger partial charge is 0.352 e. The predicted molar refractivity (Wildman–Crippen MR) is 91.1 cm³/mol. The lowest BCUT2D eigenvalue weighted by Gasteiger charge is -2.03. The maximum Gasteiger partial charge on any atom is 0.253 e. The Balaban J connectivity index is 1.51. The van der Waals surface area contributed by atoms with Crippen LogP contribution >= 0.6 is 34.5 Å². The first-order valence-corrected chi connectivity index (χ1v) is 8.37. The Hall–Kier alpha value is -1.56. The monoisotopic (exact) mass is 353 g/mol. The quantitative estimate of drug-likeness (QED) is 0.672. The summed E-state index contributed by atoms with van der Waals surface area (Å²) < 4.78 is 0.928. The second-order valence-electron chi connectivity index (χ2n) is 4.80. The van der Waals surface area contributed by atoms with Gasteiger partial charge in [-0.1, -0.05) is 35.3 Å². The van der Waals surface area contributed by atoms with Gasteiger partial charge in [-0.2, -0.15) is 0 Å². The summed E-state index contributed by atoms with van der Waals surface area (Å²) in [6.07, 6.45) is 1.56. The molecule has 3 rings (SSSR count). The third-order valence-electron chi connectivity index (χ3n) is 3.22. The van der Waals surface area contributed by atoms with Crippen molar-refractivity contribution in [1.82, 2.24) is 15.3 Å². The average Bonchev–Trinajstić information content (AvgIpc) is 3.05. The maximum absolute atomic E-state index is 12.0. The molecule has 2 aromatic heterocycles. The number of aryl methyl sites for hydroxylation is 1. The van der Waals surface area contributed by atoms with Crippen LogP contribution < -0.4 is 5.32 Å². The fourth-order valence-electron chi connectivity index (χ4n) is 2.17. The molecular formula is C15H13Cl2N3OS. The molecule has 22 heavy (non-hydrogen) atoms. The van der Waals surface area contributed by atoms with Gasteiger partial charge in [0.2, 0.25) is 0 Å². The molecule has 0 aliphatic heterocycles. The molecule has 2 N–H and O–H groups in total. The van der Waals surface area contributed by atoms with Crippen molar-refractivity contribution < 1.29 is 4.79 Å². The summed E-state index contributed by atoms with van der Waals surface area (Å²) in [5, 5.41) is 2.84. The van der Waals surface area contributed by atoms with Crippen molar-refractivity contribution in [1.29, 1.82) is 0 Å². The van der Waals surface area contributed by atoms with E-state index in [9.17, 15) is 4.79 Å². The van der Waals surface area contributed by atoms with Crippen molar-refractivity contribution in [2.45, 2.75) is 12.8 Å². The molecule has 0 saturated carbocycles. The SMILES string of the molecule is O=C(NCCCc1nc2ccccc2[nH]1)c1cc(Cl)sc1Cl. The number of aromatic amines is 1. The van der Waals surface area contributed by atoms with Gasteiger partial charge >= 0.3 is 0 Å². The van der Waals surface area contributed by atoms with Crippen molar-refractivity contribution in [2.75, 3.05) is 6.54 Å². The topological polar surface area (TPSA) is 57.8 Å². The first-order chi connectivity index (χ1) is 10.6. The van der Waals surface area contributed by atoms with Gasteiger partial charge in [0.1, 0.15) is 10.2 Å². The standard InChI is InChI=1S/C15H13Cl2N3OS/c16-12-8-9(14(17)22-12)15(21)18-7-3-6-13-19-10-4-1-2-5-11(10)20-13/h1-2,4-5,8H,3,6-7H2,(H,18,21)(H,19,20). The van der Waals surface area contributed by atoms with Crippen molar-refractivity contribution in [2.24, 2.45) is 0 Å². The summed E-state index contributed by atoms with van der Waals surface area (Å²) in [6, 6.07) is 9.49. The van der Waals surface area contributed by atoms with Crippen molar-refractivity contribution in [3.63, 3.8) is 0 Å². The molecule has 1 aromatic carbocycles. The first kappa shape index (κ1) is 15.3. The van der Waals surface area contributed by atoms with Crippen LogP contribution in [0.4, 0.5) is 0 Å². The molecule has 0 bridgehead atoms. The van der Waals surface area contributed by atoms with Crippen LogP contribution in [-0.4, -0.2) is 22.4 Å². The van der Waals surface area contributed by atoms with Crippen LogP contribution in [0.2, 0.25) is 8.67 Å². The first-order valence-electron chi connectivity index (χ1n) is 6.80.